The second-order valence-electron chi connectivity index (χ2n) is 4.75. The van der Waals surface area contributed by atoms with Gasteiger partial charge in [0.25, 0.3) is 0 Å². The summed E-state index contributed by atoms with van der Waals surface area (Å²) in [5, 5.41) is 0. The third kappa shape index (κ3) is 5.09. The van der Waals surface area contributed by atoms with Gasteiger partial charge in [-0.2, -0.15) is 0 Å². The largest absolute Gasteiger partial charge is 0.491 e. The van der Waals surface area contributed by atoms with Crippen LogP contribution < -0.4 is 9.64 Å². The standard InChI is InChI=1S/C15H25NO3/c1-12-11-15(13(2)10-14(12)16(3)4)19-9-8-18-7-6-17-5/h10-11H,6-9H2,1-5H3. The van der Waals surface area contributed by atoms with Crippen LogP contribution in [0.1, 0.15) is 11.1 Å². The van der Waals surface area contributed by atoms with Crippen molar-refractivity contribution in [3.63, 3.8) is 0 Å². The fourth-order valence-corrected chi connectivity index (χ4v) is 1.87. The maximum absolute atomic E-state index is 5.75. The quantitative estimate of drug-likeness (QED) is 0.677. The molecule has 1 aromatic carbocycles. The predicted molar refractivity (Wildman–Crippen MR) is 78.4 cm³/mol. The Balaban J connectivity index is 2.48. The molecule has 0 radical (unpaired) electrons. The van der Waals surface area contributed by atoms with Gasteiger partial charge in [0.1, 0.15) is 12.4 Å². The van der Waals surface area contributed by atoms with E-state index in [1.54, 1.807) is 7.11 Å². The van der Waals surface area contributed by atoms with Gasteiger partial charge in [-0.1, -0.05) is 0 Å². The molecule has 19 heavy (non-hydrogen) atoms. The van der Waals surface area contributed by atoms with Crippen molar-refractivity contribution in [2.45, 2.75) is 13.8 Å². The summed E-state index contributed by atoms with van der Waals surface area (Å²) in [6, 6.07) is 4.23. The van der Waals surface area contributed by atoms with Crippen molar-refractivity contribution in [1.82, 2.24) is 0 Å². The molecule has 1 aromatic rings. The average molecular weight is 267 g/mol. The first kappa shape index (κ1) is 15.8. The Morgan fingerprint density at radius 1 is 0.947 bits per heavy atom. The minimum atomic E-state index is 0.561. The Labute approximate surface area is 116 Å². The van der Waals surface area contributed by atoms with Crippen LogP contribution in [0.25, 0.3) is 0 Å². The minimum absolute atomic E-state index is 0.561. The first-order valence-corrected chi connectivity index (χ1v) is 6.54. The predicted octanol–water partition coefficient (Wildman–Crippen LogP) is 2.41. The molecule has 0 heterocycles. The van der Waals surface area contributed by atoms with Crippen molar-refractivity contribution < 1.29 is 14.2 Å². The minimum Gasteiger partial charge on any atom is -0.491 e. The lowest BCUT2D eigenvalue weighted by Crippen LogP contribution is -2.12. The molecule has 0 bridgehead atoms. The first-order chi connectivity index (χ1) is 9.06. The Bertz CT molecular complexity index is 391. The van der Waals surface area contributed by atoms with E-state index < -0.39 is 0 Å². The van der Waals surface area contributed by atoms with E-state index in [9.17, 15) is 0 Å². The molecule has 0 saturated heterocycles. The summed E-state index contributed by atoms with van der Waals surface area (Å²) in [6.07, 6.45) is 0. The molecule has 0 aliphatic rings. The molecule has 108 valence electrons. The van der Waals surface area contributed by atoms with Crippen molar-refractivity contribution in [3.05, 3.63) is 23.3 Å². The van der Waals surface area contributed by atoms with E-state index >= 15 is 0 Å². The van der Waals surface area contributed by atoms with E-state index in [1.165, 1.54) is 11.3 Å². The third-order valence-electron chi connectivity index (χ3n) is 2.89. The highest BCUT2D eigenvalue weighted by Gasteiger charge is 2.06. The van der Waals surface area contributed by atoms with E-state index in [0.29, 0.717) is 26.4 Å². The highest BCUT2D eigenvalue weighted by molar-refractivity contribution is 5.57. The molecule has 0 spiro atoms. The van der Waals surface area contributed by atoms with Crippen LogP contribution in [-0.2, 0) is 9.47 Å². The molecule has 1 rings (SSSR count). The second kappa shape index (κ2) is 8.02. The first-order valence-electron chi connectivity index (χ1n) is 6.54. The molecule has 0 aliphatic carbocycles. The lowest BCUT2D eigenvalue weighted by molar-refractivity contribution is 0.0543. The van der Waals surface area contributed by atoms with E-state index in [1.807, 2.05) is 14.1 Å². The maximum atomic E-state index is 5.75. The van der Waals surface area contributed by atoms with E-state index in [4.69, 9.17) is 14.2 Å². The maximum Gasteiger partial charge on any atom is 0.122 e. The van der Waals surface area contributed by atoms with E-state index in [2.05, 4.69) is 30.9 Å². The van der Waals surface area contributed by atoms with Gasteiger partial charge in [-0.05, 0) is 37.1 Å². The molecular weight excluding hydrogens is 242 g/mol. The molecule has 4 nitrogen and oxygen atoms in total. The number of aryl methyl sites for hydroxylation is 2. The molecular formula is C15H25NO3. The zero-order chi connectivity index (χ0) is 14.3. The van der Waals surface area contributed by atoms with Crippen LogP contribution in [0.2, 0.25) is 0 Å². The summed E-state index contributed by atoms with van der Waals surface area (Å²) in [6.45, 7) is 6.53. The fourth-order valence-electron chi connectivity index (χ4n) is 1.87. The molecule has 0 aliphatic heterocycles. The second-order valence-corrected chi connectivity index (χ2v) is 4.75. The van der Waals surface area contributed by atoms with Crippen LogP contribution in [0.4, 0.5) is 5.69 Å². The number of rotatable bonds is 8. The van der Waals surface area contributed by atoms with Gasteiger partial charge < -0.3 is 19.1 Å². The molecule has 0 N–H and O–H groups in total. The van der Waals surface area contributed by atoms with Crippen molar-refractivity contribution in [2.75, 3.05) is 52.5 Å². The average Bonchev–Trinajstić information content (AvgIpc) is 2.36. The SMILES string of the molecule is COCCOCCOc1cc(C)c(N(C)C)cc1C. The van der Waals surface area contributed by atoms with Gasteiger partial charge in [0.05, 0.1) is 19.8 Å². The molecule has 0 unspecified atom stereocenters. The summed E-state index contributed by atoms with van der Waals surface area (Å²) in [5.74, 6) is 0.929. The summed E-state index contributed by atoms with van der Waals surface area (Å²) >= 11 is 0. The summed E-state index contributed by atoms with van der Waals surface area (Å²) in [5.41, 5.74) is 3.58. The van der Waals surface area contributed by atoms with Gasteiger partial charge in [-0.3, -0.25) is 0 Å². The van der Waals surface area contributed by atoms with Crippen LogP contribution in [0.3, 0.4) is 0 Å². The normalized spacial score (nSPS) is 10.6. The van der Waals surface area contributed by atoms with Gasteiger partial charge in [0.15, 0.2) is 0 Å². The summed E-state index contributed by atoms with van der Waals surface area (Å²) < 4.78 is 16.0. The Morgan fingerprint density at radius 2 is 1.63 bits per heavy atom. The molecule has 4 heteroatoms. The Morgan fingerprint density at radius 3 is 2.26 bits per heavy atom. The van der Waals surface area contributed by atoms with Gasteiger partial charge in [0, 0.05) is 26.9 Å². The van der Waals surface area contributed by atoms with Crippen molar-refractivity contribution in [2.24, 2.45) is 0 Å². The molecule has 0 saturated carbocycles. The Hall–Kier alpha value is -1.26. The summed E-state index contributed by atoms with van der Waals surface area (Å²) in [7, 11) is 5.76. The zero-order valence-electron chi connectivity index (χ0n) is 12.7. The van der Waals surface area contributed by atoms with Crippen LogP contribution >= 0.6 is 0 Å². The molecule has 0 amide bonds. The van der Waals surface area contributed by atoms with Crippen molar-refractivity contribution >= 4 is 5.69 Å². The smallest absolute Gasteiger partial charge is 0.122 e. The van der Waals surface area contributed by atoms with E-state index in [-0.39, 0.29) is 0 Å². The topological polar surface area (TPSA) is 30.9 Å². The lowest BCUT2D eigenvalue weighted by atomic mass is 10.1. The van der Waals surface area contributed by atoms with E-state index in [0.717, 1.165) is 11.3 Å². The molecule has 0 fully saturated rings. The zero-order valence-corrected chi connectivity index (χ0v) is 12.7. The van der Waals surface area contributed by atoms with Crippen LogP contribution in [-0.4, -0.2) is 47.6 Å². The van der Waals surface area contributed by atoms with Crippen molar-refractivity contribution in [3.8, 4) is 5.75 Å². The lowest BCUT2D eigenvalue weighted by Gasteiger charge is -2.18. The molecule has 0 atom stereocenters. The number of hydrogen-bond donors (Lipinski definition) is 0. The fraction of sp³-hybridized carbons (Fsp3) is 0.600. The molecule has 0 aromatic heterocycles. The van der Waals surface area contributed by atoms with Gasteiger partial charge >= 0.3 is 0 Å². The number of hydrogen-bond acceptors (Lipinski definition) is 4. The number of anilines is 1. The summed E-state index contributed by atoms with van der Waals surface area (Å²) in [4.78, 5) is 2.11. The number of methoxy groups -OCH3 is 1. The van der Waals surface area contributed by atoms with Gasteiger partial charge in [-0.25, -0.2) is 0 Å². The monoisotopic (exact) mass is 267 g/mol. The van der Waals surface area contributed by atoms with Crippen LogP contribution in [0.5, 0.6) is 5.75 Å². The van der Waals surface area contributed by atoms with Crippen LogP contribution in [0.15, 0.2) is 12.1 Å². The van der Waals surface area contributed by atoms with Crippen molar-refractivity contribution in [1.29, 1.82) is 0 Å². The third-order valence-corrected chi connectivity index (χ3v) is 2.89. The number of benzene rings is 1. The van der Waals surface area contributed by atoms with Crippen LogP contribution in [0, 0.1) is 13.8 Å². The van der Waals surface area contributed by atoms with Gasteiger partial charge in [-0.15, -0.1) is 0 Å². The van der Waals surface area contributed by atoms with Gasteiger partial charge in [0.2, 0.25) is 0 Å². The Kier molecular flexibility index (Phi) is 6.67. The number of nitrogens with zero attached hydrogens (tertiary/aromatic N) is 1. The highest BCUT2D eigenvalue weighted by atomic mass is 16.5. The highest BCUT2D eigenvalue weighted by Crippen LogP contribution is 2.27. The number of ether oxygens (including phenoxy) is 3.